The fourth-order valence-electron chi connectivity index (χ4n) is 2.56. The molecule has 9 heteroatoms. The molecule has 1 aliphatic rings. The maximum atomic E-state index is 6.23. The molecule has 0 aromatic carbocycles. The second-order valence-corrected chi connectivity index (χ2v) is 7.59. The number of pyridine rings is 1. The lowest BCUT2D eigenvalue weighted by atomic mass is 10.2. The van der Waals surface area contributed by atoms with Gasteiger partial charge in [0.2, 0.25) is 5.95 Å². The van der Waals surface area contributed by atoms with Crippen LogP contribution in [0.2, 0.25) is 5.02 Å². The SMILES string of the molecule is C[C@H](Nc1ncc(Cl)c(Nc2cc(C3CC3)[nH]n2)n1)c1ccc(Br)cn1. The summed E-state index contributed by atoms with van der Waals surface area (Å²) in [6.45, 7) is 2.00. The van der Waals surface area contributed by atoms with Gasteiger partial charge in [0.05, 0.1) is 17.9 Å². The van der Waals surface area contributed by atoms with Crippen molar-refractivity contribution in [3.8, 4) is 0 Å². The Balaban J connectivity index is 1.48. The molecule has 3 heterocycles. The highest BCUT2D eigenvalue weighted by atomic mass is 79.9. The van der Waals surface area contributed by atoms with Crippen molar-refractivity contribution in [2.75, 3.05) is 10.6 Å². The summed E-state index contributed by atoms with van der Waals surface area (Å²) in [5, 5.41) is 14.1. The van der Waals surface area contributed by atoms with Crippen LogP contribution in [0.1, 0.15) is 43.1 Å². The molecule has 1 aliphatic carbocycles. The summed E-state index contributed by atoms with van der Waals surface area (Å²) in [5.74, 6) is 2.28. The molecule has 0 bridgehead atoms. The molecular formula is C17H17BrClN7. The standard InChI is InChI=1S/C17H17BrClN7/c1-9(13-5-4-11(18)7-20-13)22-17-21-8-12(19)16(24-17)23-15-6-14(25-26-15)10-2-3-10/h4-10H,2-3H2,1H3,(H3,21,22,23,24,25,26)/t9-/m0/s1. The van der Waals surface area contributed by atoms with E-state index < -0.39 is 0 Å². The molecule has 0 unspecified atom stereocenters. The van der Waals surface area contributed by atoms with Crippen LogP contribution < -0.4 is 10.6 Å². The van der Waals surface area contributed by atoms with E-state index in [0.717, 1.165) is 15.9 Å². The Bertz CT molecular complexity index is 908. The van der Waals surface area contributed by atoms with E-state index in [1.165, 1.54) is 12.8 Å². The van der Waals surface area contributed by atoms with Gasteiger partial charge >= 0.3 is 0 Å². The van der Waals surface area contributed by atoms with Crippen molar-refractivity contribution in [3.05, 3.63) is 51.5 Å². The highest BCUT2D eigenvalue weighted by Crippen LogP contribution is 2.39. The largest absolute Gasteiger partial charge is 0.346 e. The molecule has 0 aliphatic heterocycles. The second-order valence-electron chi connectivity index (χ2n) is 6.27. The first-order valence-electron chi connectivity index (χ1n) is 8.31. The summed E-state index contributed by atoms with van der Waals surface area (Å²) < 4.78 is 0.937. The lowest BCUT2D eigenvalue weighted by molar-refractivity contribution is 0.821. The van der Waals surface area contributed by atoms with E-state index in [0.29, 0.717) is 28.5 Å². The van der Waals surface area contributed by atoms with Gasteiger partial charge in [-0.05, 0) is 47.8 Å². The average Bonchev–Trinajstić information content (AvgIpc) is 3.38. The summed E-state index contributed by atoms with van der Waals surface area (Å²) in [6, 6.07) is 5.84. The lowest BCUT2D eigenvalue weighted by Crippen LogP contribution is -2.11. The van der Waals surface area contributed by atoms with Crippen LogP contribution in [0.15, 0.2) is 35.1 Å². The number of hydrogen-bond donors (Lipinski definition) is 3. The van der Waals surface area contributed by atoms with Crippen molar-refractivity contribution >= 4 is 45.1 Å². The molecular weight excluding hydrogens is 418 g/mol. The molecule has 4 rings (SSSR count). The third-order valence-corrected chi connectivity index (χ3v) is 4.89. The summed E-state index contributed by atoms with van der Waals surface area (Å²) in [5.41, 5.74) is 2.04. The van der Waals surface area contributed by atoms with Gasteiger partial charge in [-0.1, -0.05) is 11.6 Å². The zero-order chi connectivity index (χ0) is 18.1. The number of H-pyrrole nitrogens is 1. The van der Waals surface area contributed by atoms with E-state index in [-0.39, 0.29) is 6.04 Å². The van der Waals surface area contributed by atoms with Crippen LogP contribution in [0.3, 0.4) is 0 Å². The van der Waals surface area contributed by atoms with E-state index in [4.69, 9.17) is 11.6 Å². The monoisotopic (exact) mass is 433 g/mol. The maximum Gasteiger partial charge on any atom is 0.225 e. The van der Waals surface area contributed by atoms with Crippen molar-refractivity contribution in [2.45, 2.75) is 31.7 Å². The highest BCUT2D eigenvalue weighted by Gasteiger charge is 2.25. The molecule has 3 aromatic heterocycles. The quantitative estimate of drug-likeness (QED) is 0.516. The van der Waals surface area contributed by atoms with Gasteiger partial charge in [-0.2, -0.15) is 10.1 Å². The lowest BCUT2D eigenvalue weighted by Gasteiger charge is -2.14. The summed E-state index contributed by atoms with van der Waals surface area (Å²) in [6.07, 6.45) is 5.76. The van der Waals surface area contributed by atoms with Gasteiger partial charge in [-0.3, -0.25) is 10.1 Å². The van der Waals surface area contributed by atoms with E-state index in [1.807, 2.05) is 25.1 Å². The average molecular weight is 435 g/mol. The van der Waals surface area contributed by atoms with Gasteiger partial charge in [-0.25, -0.2) is 4.98 Å². The Hall–Kier alpha value is -2.19. The molecule has 1 atom stereocenters. The molecule has 0 amide bonds. The van der Waals surface area contributed by atoms with Crippen molar-refractivity contribution in [1.29, 1.82) is 0 Å². The van der Waals surface area contributed by atoms with Crippen LogP contribution >= 0.6 is 27.5 Å². The first kappa shape index (κ1) is 17.2. The normalized spacial score (nSPS) is 14.9. The number of aromatic nitrogens is 5. The van der Waals surface area contributed by atoms with Crippen LogP contribution in [0, 0.1) is 0 Å². The number of aromatic amines is 1. The predicted octanol–water partition coefficient (Wildman–Crippen LogP) is 4.80. The van der Waals surface area contributed by atoms with E-state index >= 15 is 0 Å². The Kier molecular flexibility index (Phi) is 4.78. The van der Waals surface area contributed by atoms with Crippen LogP contribution in [-0.2, 0) is 0 Å². The summed E-state index contributed by atoms with van der Waals surface area (Å²) in [4.78, 5) is 13.1. The van der Waals surface area contributed by atoms with Gasteiger partial charge in [0.25, 0.3) is 0 Å². The molecule has 0 radical (unpaired) electrons. The second kappa shape index (κ2) is 7.20. The number of nitrogens with zero attached hydrogens (tertiary/aromatic N) is 4. The highest BCUT2D eigenvalue weighted by molar-refractivity contribution is 9.10. The number of rotatable bonds is 6. The van der Waals surface area contributed by atoms with Gasteiger partial charge in [0, 0.05) is 28.3 Å². The Morgan fingerprint density at radius 3 is 2.85 bits per heavy atom. The minimum absolute atomic E-state index is 0.0519. The molecule has 134 valence electrons. The number of anilines is 3. The molecule has 26 heavy (non-hydrogen) atoms. The fraction of sp³-hybridized carbons (Fsp3) is 0.294. The van der Waals surface area contributed by atoms with Crippen molar-refractivity contribution in [1.82, 2.24) is 25.1 Å². The third-order valence-electron chi connectivity index (χ3n) is 4.14. The number of hydrogen-bond acceptors (Lipinski definition) is 6. The summed E-state index contributed by atoms with van der Waals surface area (Å²) >= 11 is 9.61. The Morgan fingerprint density at radius 1 is 1.27 bits per heavy atom. The fourth-order valence-corrected chi connectivity index (χ4v) is 2.93. The predicted molar refractivity (Wildman–Crippen MR) is 105 cm³/mol. The van der Waals surface area contributed by atoms with Gasteiger partial charge in [0.1, 0.15) is 5.02 Å². The number of halogens is 2. The molecule has 1 saturated carbocycles. The molecule has 7 nitrogen and oxygen atoms in total. The van der Waals surface area contributed by atoms with E-state index in [1.54, 1.807) is 12.4 Å². The zero-order valence-corrected chi connectivity index (χ0v) is 16.3. The van der Waals surface area contributed by atoms with Gasteiger partial charge in [-0.15, -0.1) is 0 Å². The van der Waals surface area contributed by atoms with E-state index in [9.17, 15) is 0 Å². The van der Waals surface area contributed by atoms with Crippen LogP contribution in [-0.4, -0.2) is 25.1 Å². The van der Waals surface area contributed by atoms with Gasteiger partial charge < -0.3 is 10.6 Å². The van der Waals surface area contributed by atoms with Crippen molar-refractivity contribution in [2.24, 2.45) is 0 Å². The van der Waals surface area contributed by atoms with Crippen LogP contribution in [0.4, 0.5) is 17.6 Å². The maximum absolute atomic E-state index is 6.23. The molecule has 3 N–H and O–H groups in total. The topological polar surface area (TPSA) is 91.4 Å². The minimum atomic E-state index is -0.0519. The molecule has 0 spiro atoms. The first-order valence-corrected chi connectivity index (χ1v) is 9.48. The first-order chi connectivity index (χ1) is 12.6. The minimum Gasteiger partial charge on any atom is -0.346 e. The van der Waals surface area contributed by atoms with Crippen LogP contribution in [0.5, 0.6) is 0 Å². The molecule has 1 fully saturated rings. The Labute approximate surface area is 164 Å². The van der Waals surface area contributed by atoms with E-state index in [2.05, 4.69) is 51.7 Å². The molecule has 3 aromatic rings. The molecule has 0 saturated heterocycles. The smallest absolute Gasteiger partial charge is 0.225 e. The van der Waals surface area contributed by atoms with Crippen molar-refractivity contribution in [3.63, 3.8) is 0 Å². The van der Waals surface area contributed by atoms with Crippen molar-refractivity contribution < 1.29 is 0 Å². The third kappa shape index (κ3) is 3.96. The van der Waals surface area contributed by atoms with Gasteiger partial charge in [0.15, 0.2) is 11.6 Å². The number of nitrogens with one attached hydrogen (secondary N) is 3. The Morgan fingerprint density at radius 2 is 2.12 bits per heavy atom. The van der Waals surface area contributed by atoms with Crippen LogP contribution in [0.25, 0.3) is 0 Å². The zero-order valence-electron chi connectivity index (χ0n) is 14.0. The summed E-state index contributed by atoms with van der Waals surface area (Å²) in [7, 11) is 0.